The van der Waals surface area contributed by atoms with Crippen molar-refractivity contribution in [3.63, 3.8) is 0 Å². The zero-order valence-electron chi connectivity index (χ0n) is 14.2. The van der Waals surface area contributed by atoms with E-state index in [9.17, 15) is 14.4 Å². The summed E-state index contributed by atoms with van der Waals surface area (Å²) in [5, 5.41) is 0.708. The maximum absolute atomic E-state index is 11.9. The Morgan fingerprint density at radius 1 is 1.22 bits per heavy atom. The third kappa shape index (κ3) is 6.12. The van der Waals surface area contributed by atoms with Gasteiger partial charge in [-0.25, -0.2) is 14.8 Å². The summed E-state index contributed by atoms with van der Waals surface area (Å²) in [6.45, 7) is 1.88. The number of anilines is 1. The highest BCUT2D eigenvalue weighted by atomic mass is 35.5. The van der Waals surface area contributed by atoms with Crippen molar-refractivity contribution in [1.29, 1.82) is 0 Å². The Balaban J connectivity index is 1.83. The van der Waals surface area contributed by atoms with Crippen LogP contribution in [0.1, 0.15) is 27.6 Å². The van der Waals surface area contributed by atoms with Crippen LogP contribution in [0.4, 0.5) is 5.82 Å². The van der Waals surface area contributed by atoms with Crippen LogP contribution in [0.5, 0.6) is 0 Å². The third-order valence-electron chi connectivity index (χ3n) is 3.05. The lowest BCUT2D eigenvalue weighted by molar-refractivity contribution is -0.119. The number of nitrogens with zero attached hydrogens (tertiary/aromatic N) is 2. The molecule has 0 spiro atoms. The summed E-state index contributed by atoms with van der Waals surface area (Å²) in [7, 11) is 0. The van der Waals surface area contributed by atoms with Crippen molar-refractivity contribution in [2.75, 3.05) is 18.1 Å². The molecule has 27 heavy (non-hydrogen) atoms. The molecule has 0 atom stereocenters. The number of aromatic nitrogens is 2. The van der Waals surface area contributed by atoms with E-state index in [4.69, 9.17) is 22.1 Å². The summed E-state index contributed by atoms with van der Waals surface area (Å²) in [5.41, 5.74) is 10.7. The van der Waals surface area contributed by atoms with Gasteiger partial charge in [-0.05, 0) is 31.2 Å². The van der Waals surface area contributed by atoms with Gasteiger partial charge in [-0.2, -0.15) is 0 Å². The number of nitrogens with two attached hydrogens (primary N) is 1. The number of carbonyl (C=O) groups excluding carboxylic acids is 3. The van der Waals surface area contributed by atoms with E-state index >= 15 is 0 Å². The van der Waals surface area contributed by atoms with Gasteiger partial charge in [0.15, 0.2) is 5.16 Å². The van der Waals surface area contributed by atoms with Gasteiger partial charge in [-0.15, -0.1) is 0 Å². The van der Waals surface area contributed by atoms with Gasteiger partial charge >= 0.3 is 5.97 Å². The normalized spacial score (nSPS) is 10.1. The van der Waals surface area contributed by atoms with E-state index in [0.717, 1.165) is 11.8 Å². The molecule has 11 heteroatoms. The number of carbonyl (C=O) groups is 3. The fourth-order valence-corrected chi connectivity index (χ4v) is 2.53. The van der Waals surface area contributed by atoms with Crippen LogP contribution >= 0.6 is 23.4 Å². The Hall–Kier alpha value is -2.85. The van der Waals surface area contributed by atoms with E-state index in [1.54, 1.807) is 19.1 Å². The molecule has 2 amide bonds. The second kappa shape index (κ2) is 9.74. The Morgan fingerprint density at radius 2 is 1.93 bits per heavy atom. The number of thioether (sulfide) groups is 1. The molecule has 142 valence electrons. The first-order valence-corrected chi connectivity index (χ1v) is 9.04. The van der Waals surface area contributed by atoms with Crippen LogP contribution in [0.3, 0.4) is 0 Å². The fourth-order valence-electron chi connectivity index (χ4n) is 1.78. The van der Waals surface area contributed by atoms with Crippen molar-refractivity contribution < 1.29 is 19.1 Å². The summed E-state index contributed by atoms with van der Waals surface area (Å²) in [4.78, 5) is 43.2. The van der Waals surface area contributed by atoms with Crippen LogP contribution in [0.15, 0.2) is 35.6 Å². The van der Waals surface area contributed by atoms with Gasteiger partial charge in [-0.1, -0.05) is 23.4 Å². The van der Waals surface area contributed by atoms with Crippen molar-refractivity contribution >= 4 is 47.0 Å². The number of esters is 1. The predicted octanol–water partition coefficient (Wildman–Crippen LogP) is 1.44. The molecule has 9 nitrogen and oxygen atoms in total. The number of halogens is 1. The highest BCUT2D eigenvalue weighted by Crippen LogP contribution is 2.16. The van der Waals surface area contributed by atoms with E-state index in [0.29, 0.717) is 10.6 Å². The van der Waals surface area contributed by atoms with E-state index in [1.165, 1.54) is 18.3 Å². The van der Waals surface area contributed by atoms with Gasteiger partial charge in [0.25, 0.3) is 5.91 Å². The Labute approximate surface area is 164 Å². The van der Waals surface area contributed by atoms with Crippen LogP contribution in [-0.4, -0.2) is 40.1 Å². The van der Waals surface area contributed by atoms with Gasteiger partial charge in [0.1, 0.15) is 11.4 Å². The highest BCUT2D eigenvalue weighted by Gasteiger charge is 2.14. The summed E-state index contributed by atoms with van der Waals surface area (Å²) in [6.07, 6.45) is 1.24. The monoisotopic (exact) mass is 409 g/mol. The zero-order valence-corrected chi connectivity index (χ0v) is 15.8. The SMILES string of the molecule is CCOC(=O)c1cnc(SCC(=O)NNC(=O)c2ccc(Cl)cc2)nc1N. The topological polar surface area (TPSA) is 136 Å². The smallest absolute Gasteiger partial charge is 0.343 e. The molecular weight excluding hydrogens is 394 g/mol. The minimum atomic E-state index is -0.616. The fraction of sp³-hybridized carbons (Fsp3) is 0.188. The molecule has 0 bridgehead atoms. The van der Waals surface area contributed by atoms with Gasteiger partial charge in [0.05, 0.1) is 12.4 Å². The molecule has 4 N–H and O–H groups in total. The first-order chi connectivity index (χ1) is 12.9. The lowest BCUT2D eigenvalue weighted by Crippen LogP contribution is -2.42. The van der Waals surface area contributed by atoms with Crippen molar-refractivity contribution in [3.8, 4) is 0 Å². The van der Waals surface area contributed by atoms with Crippen LogP contribution < -0.4 is 16.6 Å². The van der Waals surface area contributed by atoms with Crippen molar-refractivity contribution in [2.45, 2.75) is 12.1 Å². The van der Waals surface area contributed by atoms with Crippen LogP contribution in [-0.2, 0) is 9.53 Å². The van der Waals surface area contributed by atoms with E-state index in [-0.39, 0.29) is 28.9 Å². The molecular formula is C16H16ClN5O4S. The predicted molar refractivity (Wildman–Crippen MR) is 100 cm³/mol. The first-order valence-electron chi connectivity index (χ1n) is 7.68. The van der Waals surface area contributed by atoms with Crippen LogP contribution in [0, 0.1) is 0 Å². The van der Waals surface area contributed by atoms with Crippen LogP contribution in [0.2, 0.25) is 5.02 Å². The zero-order chi connectivity index (χ0) is 19.8. The number of amides is 2. The van der Waals surface area contributed by atoms with Gasteiger partial charge in [0.2, 0.25) is 5.91 Å². The molecule has 0 aliphatic rings. The second-order valence-electron chi connectivity index (χ2n) is 4.97. The third-order valence-corrected chi connectivity index (χ3v) is 4.16. The summed E-state index contributed by atoms with van der Waals surface area (Å²) in [6, 6.07) is 6.19. The molecule has 0 saturated carbocycles. The second-order valence-corrected chi connectivity index (χ2v) is 6.35. The highest BCUT2D eigenvalue weighted by molar-refractivity contribution is 7.99. The van der Waals surface area contributed by atoms with Gasteiger partial charge in [0, 0.05) is 16.8 Å². The van der Waals surface area contributed by atoms with E-state index in [2.05, 4.69) is 20.8 Å². The molecule has 0 fully saturated rings. The van der Waals surface area contributed by atoms with Gasteiger partial charge in [-0.3, -0.25) is 20.4 Å². The van der Waals surface area contributed by atoms with Crippen LogP contribution in [0.25, 0.3) is 0 Å². The molecule has 2 aromatic rings. The first kappa shape index (κ1) is 20.5. The van der Waals surface area contributed by atoms with Crippen molar-refractivity contribution in [1.82, 2.24) is 20.8 Å². The largest absolute Gasteiger partial charge is 0.462 e. The molecule has 1 aromatic heterocycles. The summed E-state index contributed by atoms with van der Waals surface area (Å²) < 4.78 is 4.83. The minimum Gasteiger partial charge on any atom is -0.462 e. The number of ether oxygens (including phenoxy) is 1. The molecule has 1 aromatic carbocycles. The Bertz CT molecular complexity index is 847. The number of rotatable bonds is 6. The molecule has 0 aliphatic heterocycles. The van der Waals surface area contributed by atoms with E-state index < -0.39 is 17.8 Å². The van der Waals surface area contributed by atoms with Gasteiger partial charge < -0.3 is 10.5 Å². The average molecular weight is 410 g/mol. The lowest BCUT2D eigenvalue weighted by Gasteiger charge is -2.08. The van der Waals surface area contributed by atoms with Crippen molar-refractivity contribution in [2.24, 2.45) is 0 Å². The number of nitrogen functional groups attached to an aromatic ring is 1. The maximum atomic E-state index is 11.9. The number of benzene rings is 1. The number of hydrogen-bond donors (Lipinski definition) is 3. The maximum Gasteiger partial charge on any atom is 0.343 e. The van der Waals surface area contributed by atoms with E-state index in [1.807, 2.05) is 0 Å². The number of nitrogens with one attached hydrogen (secondary N) is 2. The standard InChI is InChI=1S/C16H16ClN5O4S/c1-2-26-15(25)11-7-19-16(20-13(11)18)27-8-12(23)21-22-14(24)9-3-5-10(17)6-4-9/h3-7H,2,8H2,1H3,(H,21,23)(H,22,24)(H2,18,19,20). The summed E-state index contributed by atoms with van der Waals surface area (Å²) in [5.74, 6) is -1.68. The Morgan fingerprint density at radius 3 is 2.56 bits per heavy atom. The number of hydrogen-bond acceptors (Lipinski definition) is 8. The molecule has 1 heterocycles. The van der Waals surface area contributed by atoms with Crippen molar-refractivity contribution in [3.05, 3.63) is 46.6 Å². The number of hydrazine groups is 1. The minimum absolute atomic E-state index is 0.0394. The molecule has 0 unspecified atom stereocenters. The average Bonchev–Trinajstić information content (AvgIpc) is 2.65. The Kier molecular flexibility index (Phi) is 7.38. The molecule has 0 aliphatic carbocycles. The lowest BCUT2D eigenvalue weighted by atomic mass is 10.2. The molecule has 0 radical (unpaired) electrons. The quantitative estimate of drug-likeness (QED) is 0.282. The summed E-state index contributed by atoms with van der Waals surface area (Å²) >= 11 is 6.74. The molecule has 0 saturated heterocycles. The molecule has 2 rings (SSSR count).